The Labute approximate surface area is 200 Å². The van der Waals surface area contributed by atoms with Gasteiger partial charge in [0.05, 0.1) is 36.9 Å². The Balaban J connectivity index is 1.26. The Hall–Kier alpha value is -3.01. The van der Waals surface area contributed by atoms with Gasteiger partial charge in [0.1, 0.15) is 10.8 Å². The molecule has 1 saturated carbocycles. The summed E-state index contributed by atoms with van der Waals surface area (Å²) >= 11 is 6.26. The molecule has 1 aliphatic carbocycles. The van der Waals surface area contributed by atoms with Crippen LogP contribution < -0.4 is 21.3 Å². The quantitative estimate of drug-likeness (QED) is 0.522. The van der Waals surface area contributed by atoms with Crippen molar-refractivity contribution in [1.82, 2.24) is 14.8 Å². The minimum absolute atomic E-state index is 0.0140. The fraction of sp³-hybridized carbons (Fsp3) is 0.375. The van der Waals surface area contributed by atoms with Crippen LogP contribution in [0.1, 0.15) is 31.2 Å². The van der Waals surface area contributed by atoms with Crippen LogP contribution in [0.5, 0.6) is 11.6 Å². The van der Waals surface area contributed by atoms with Gasteiger partial charge in [0.25, 0.3) is 5.56 Å². The van der Waals surface area contributed by atoms with Crippen LogP contribution in [-0.4, -0.2) is 40.2 Å². The average Bonchev–Trinajstić information content (AvgIpc) is 3.60. The second kappa shape index (κ2) is 8.98. The second-order valence-corrected chi connectivity index (χ2v) is 9.26. The van der Waals surface area contributed by atoms with Crippen LogP contribution in [0.4, 0.5) is 10.1 Å². The summed E-state index contributed by atoms with van der Waals surface area (Å²) < 4.78 is 26.9. The van der Waals surface area contributed by atoms with Crippen LogP contribution in [0.3, 0.4) is 0 Å². The Morgan fingerprint density at radius 3 is 2.62 bits per heavy atom. The molecular weight excluding hydrogens is 461 g/mol. The summed E-state index contributed by atoms with van der Waals surface area (Å²) in [5.41, 5.74) is 5.76. The number of aromatic nitrogens is 3. The monoisotopic (exact) mass is 485 g/mol. The lowest BCUT2D eigenvalue weighted by atomic mass is 9.99. The molecule has 1 aliphatic heterocycles. The van der Waals surface area contributed by atoms with Gasteiger partial charge < -0.3 is 20.5 Å². The van der Waals surface area contributed by atoms with E-state index in [9.17, 15) is 9.18 Å². The number of nitrogens with one attached hydrogen (secondary N) is 1. The number of hydrogen-bond donors (Lipinski definition) is 2. The normalized spacial score (nSPS) is 21.1. The Bertz CT molecular complexity index is 1220. The first-order valence-corrected chi connectivity index (χ1v) is 11.6. The van der Waals surface area contributed by atoms with Crippen molar-refractivity contribution in [3.8, 4) is 17.3 Å². The third-order valence-electron chi connectivity index (χ3n) is 6.19. The van der Waals surface area contributed by atoms with E-state index in [0.717, 1.165) is 23.1 Å². The van der Waals surface area contributed by atoms with Gasteiger partial charge >= 0.3 is 0 Å². The molecule has 0 amide bonds. The topological polar surface area (TPSA) is 104 Å². The molecule has 8 nitrogen and oxygen atoms in total. The molecule has 2 aliphatic rings. The molecule has 2 aromatic heterocycles. The third kappa shape index (κ3) is 4.77. The molecule has 1 saturated heterocycles. The smallest absolute Gasteiger partial charge is 0.292 e. The van der Waals surface area contributed by atoms with Gasteiger partial charge in [-0.15, -0.1) is 0 Å². The van der Waals surface area contributed by atoms with Crippen molar-refractivity contribution in [2.24, 2.45) is 5.73 Å². The van der Waals surface area contributed by atoms with E-state index in [1.807, 2.05) is 24.3 Å². The Morgan fingerprint density at radius 1 is 1.18 bits per heavy atom. The summed E-state index contributed by atoms with van der Waals surface area (Å²) in [6.45, 7) is 0.557. The maximum absolute atomic E-state index is 14.7. The van der Waals surface area contributed by atoms with E-state index in [1.165, 1.54) is 12.4 Å². The van der Waals surface area contributed by atoms with Gasteiger partial charge in [-0.25, -0.2) is 9.37 Å². The van der Waals surface area contributed by atoms with Gasteiger partial charge in [0, 0.05) is 18.2 Å². The minimum atomic E-state index is -1.50. The molecule has 0 radical (unpaired) electrons. The molecule has 10 heteroatoms. The van der Waals surface area contributed by atoms with Gasteiger partial charge in [-0.05, 0) is 49.4 Å². The van der Waals surface area contributed by atoms with Crippen molar-refractivity contribution in [3.05, 3.63) is 69.7 Å². The first-order chi connectivity index (χ1) is 16.4. The van der Waals surface area contributed by atoms with Gasteiger partial charge in [-0.1, -0.05) is 23.7 Å². The summed E-state index contributed by atoms with van der Waals surface area (Å²) in [4.78, 5) is 17.0. The number of nitrogens with two attached hydrogens (primary N) is 1. The maximum Gasteiger partial charge on any atom is 0.292 e. The highest BCUT2D eigenvalue weighted by Crippen LogP contribution is 2.43. The minimum Gasteiger partial charge on any atom is -0.439 e. The number of halogens is 2. The zero-order chi connectivity index (χ0) is 23.8. The van der Waals surface area contributed by atoms with E-state index in [0.29, 0.717) is 36.8 Å². The first-order valence-electron chi connectivity index (χ1n) is 11.2. The largest absolute Gasteiger partial charge is 0.439 e. The van der Waals surface area contributed by atoms with Crippen molar-refractivity contribution in [1.29, 1.82) is 0 Å². The maximum atomic E-state index is 14.7. The van der Waals surface area contributed by atoms with Crippen LogP contribution in [0, 0.1) is 0 Å². The summed E-state index contributed by atoms with van der Waals surface area (Å²) in [5.74, 6) is 1.00. The molecule has 3 aromatic rings. The molecular formula is C24H25ClFN5O3. The van der Waals surface area contributed by atoms with Gasteiger partial charge in [0.15, 0.2) is 5.67 Å². The van der Waals surface area contributed by atoms with E-state index >= 15 is 0 Å². The predicted octanol–water partition coefficient (Wildman–Crippen LogP) is 3.95. The summed E-state index contributed by atoms with van der Waals surface area (Å²) in [6, 6.07) is 10.9. The Morgan fingerprint density at radius 2 is 1.97 bits per heavy atom. The number of ether oxygens (including phenoxy) is 2. The summed E-state index contributed by atoms with van der Waals surface area (Å²) in [7, 11) is 0. The van der Waals surface area contributed by atoms with Crippen LogP contribution in [0.15, 0.2) is 53.6 Å². The first kappa shape index (κ1) is 22.8. The number of pyridine rings is 1. The molecule has 178 valence electrons. The number of anilines is 1. The molecule has 0 spiro atoms. The zero-order valence-corrected chi connectivity index (χ0v) is 19.2. The fourth-order valence-corrected chi connectivity index (χ4v) is 4.10. The highest BCUT2D eigenvalue weighted by atomic mass is 35.5. The van der Waals surface area contributed by atoms with Gasteiger partial charge in [-0.3, -0.25) is 4.79 Å². The molecule has 5 rings (SSSR count). The SMILES string of the molecule is NC1(c2ccc(Oc3ccc(-n4ncc(NC[C@@]5(F)CCCOC5)c(Cl)c4=O)cn3)cc2)CC1. The third-order valence-corrected chi connectivity index (χ3v) is 6.56. The van der Waals surface area contributed by atoms with Gasteiger partial charge in [0.2, 0.25) is 5.88 Å². The lowest BCUT2D eigenvalue weighted by Gasteiger charge is -2.29. The number of hydrogen-bond acceptors (Lipinski definition) is 7. The van der Waals surface area contributed by atoms with Crippen molar-refractivity contribution in [3.63, 3.8) is 0 Å². The zero-order valence-electron chi connectivity index (χ0n) is 18.5. The van der Waals surface area contributed by atoms with Crippen LogP contribution in [0.25, 0.3) is 5.69 Å². The predicted molar refractivity (Wildman–Crippen MR) is 127 cm³/mol. The number of benzene rings is 1. The van der Waals surface area contributed by atoms with Crippen LogP contribution >= 0.6 is 11.6 Å². The van der Waals surface area contributed by atoms with E-state index in [1.54, 1.807) is 12.1 Å². The van der Waals surface area contributed by atoms with Crippen LogP contribution in [-0.2, 0) is 10.3 Å². The molecule has 3 heterocycles. The van der Waals surface area contributed by atoms with E-state index in [-0.39, 0.29) is 29.4 Å². The second-order valence-electron chi connectivity index (χ2n) is 8.89. The molecule has 0 unspecified atom stereocenters. The molecule has 1 atom stereocenters. The lowest BCUT2D eigenvalue weighted by molar-refractivity contribution is -0.0234. The summed E-state index contributed by atoms with van der Waals surface area (Å²) in [6.07, 6.45) is 5.90. The summed E-state index contributed by atoms with van der Waals surface area (Å²) in [5, 5.41) is 6.97. The highest BCUT2D eigenvalue weighted by molar-refractivity contribution is 6.32. The van der Waals surface area contributed by atoms with Crippen molar-refractivity contribution >= 4 is 17.3 Å². The van der Waals surface area contributed by atoms with Crippen molar-refractivity contribution < 1.29 is 13.9 Å². The lowest BCUT2D eigenvalue weighted by Crippen LogP contribution is -2.40. The van der Waals surface area contributed by atoms with E-state index < -0.39 is 11.2 Å². The molecule has 0 bridgehead atoms. The van der Waals surface area contributed by atoms with E-state index in [4.69, 9.17) is 26.8 Å². The number of alkyl halides is 1. The number of rotatable bonds is 7. The Kier molecular flexibility index (Phi) is 6.01. The molecule has 3 N–H and O–H groups in total. The average molecular weight is 486 g/mol. The van der Waals surface area contributed by atoms with Crippen molar-refractivity contribution in [2.45, 2.75) is 36.9 Å². The number of nitrogens with zero attached hydrogens (tertiary/aromatic N) is 3. The standard InChI is InChI=1S/C24H25ClFN5O3/c25-21-19(29-14-23(26)8-1-11-33-15-23)13-30-31(22(21)32)17-4-7-20(28-12-17)34-18-5-2-16(3-6-18)24(27)9-10-24/h2-7,12-13,29H,1,8-11,14-15,27H2/t23-/m0/s1. The molecule has 1 aromatic carbocycles. The van der Waals surface area contributed by atoms with E-state index in [2.05, 4.69) is 15.4 Å². The molecule has 34 heavy (non-hydrogen) atoms. The van der Waals surface area contributed by atoms with Crippen LogP contribution in [0.2, 0.25) is 5.02 Å². The van der Waals surface area contributed by atoms with Crippen molar-refractivity contribution in [2.75, 3.05) is 25.1 Å². The highest BCUT2D eigenvalue weighted by Gasteiger charge is 2.39. The fourth-order valence-electron chi connectivity index (χ4n) is 3.91. The molecule has 2 fully saturated rings. The van der Waals surface area contributed by atoms with Gasteiger partial charge in [-0.2, -0.15) is 9.78 Å².